The molecule has 0 heterocycles. The summed E-state index contributed by atoms with van der Waals surface area (Å²) in [5.41, 5.74) is 1.13. The lowest BCUT2D eigenvalue weighted by atomic mass is 10.2. The summed E-state index contributed by atoms with van der Waals surface area (Å²) in [5, 5.41) is 3.25. The first-order chi connectivity index (χ1) is 5.83. The minimum Gasteiger partial charge on any atom is -1.00 e. The molecule has 0 radical (unpaired) electrons. The molecule has 0 spiro atoms. The lowest BCUT2D eigenvalue weighted by Crippen LogP contribution is -3.00. The fraction of sp³-hybridized carbons (Fsp3) is 0.400. The SMILES string of the molecule is CCCNCc1ccc(F)cc1.[Cl-]. The molecule has 0 unspecified atom stereocenters. The average molecular weight is 203 g/mol. The summed E-state index contributed by atoms with van der Waals surface area (Å²) in [6, 6.07) is 6.59. The van der Waals surface area contributed by atoms with Gasteiger partial charge in [-0.3, -0.25) is 0 Å². The van der Waals surface area contributed by atoms with E-state index in [0.717, 1.165) is 25.1 Å². The van der Waals surface area contributed by atoms with Crippen molar-refractivity contribution < 1.29 is 16.8 Å². The van der Waals surface area contributed by atoms with Crippen LogP contribution in [0.2, 0.25) is 0 Å². The van der Waals surface area contributed by atoms with Crippen molar-refractivity contribution in [1.29, 1.82) is 0 Å². The van der Waals surface area contributed by atoms with Gasteiger partial charge in [0.15, 0.2) is 0 Å². The predicted octanol–water partition coefficient (Wildman–Crippen LogP) is -0.671. The largest absolute Gasteiger partial charge is 1.00 e. The van der Waals surface area contributed by atoms with E-state index in [-0.39, 0.29) is 18.2 Å². The Hall–Kier alpha value is -0.600. The molecule has 0 amide bonds. The molecule has 1 aromatic rings. The molecule has 1 N–H and O–H groups in total. The van der Waals surface area contributed by atoms with Gasteiger partial charge in [0.25, 0.3) is 0 Å². The van der Waals surface area contributed by atoms with Crippen LogP contribution in [-0.2, 0) is 6.54 Å². The summed E-state index contributed by atoms with van der Waals surface area (Å²) in [7, 11) is 0. The van der Waals surface area contributed by atoms with E-state index in [1.165, 1.54) is 12.1 Å². The molecule has 0 atom stereocenters. The highest BCUT2D eigenvalue weighted by Gasteiger charge is 1.91. The molecule has 1 aromatic carbocycles. The van der Waals surface area contributed by atoms with Gasteiger partial charge in [0, 0.05) is 6.54 Å². The Morgan fingerprint density at radius 3 is 2.38 bits per heavy atom. The number of benzene rings is 1. The van der Waals surface area contributed by atoms with Crippen LogP contribution in [0, 0.1) is 5.82 Å². The Kier molecular flexibility index (Phi) is 6.55. The van der Waals surface area contributed by atoms with Gasteiger partial charge < -0.3 is 17.7 Å². The van der Waals surface area contributed by atoms with Gasteiger partial charge in [-0.2, -0.15) is 0 Å². The third-order valence-corrected chi connectivity index (χ3v) is 1.67. The van der Waals surface area contributed by atoms with Crippen LogP contribution in [0.5, 0.6) is 0 Å². The zero-order chi connectivity index (χ0) is 8.81. The summed E-state index contributed by atoms with van der Waals surface area (Å²) in [6.45, 7) is 3.96. The molecule has 0 aliphatic heterocycles. The van der Waals surface area contributed by atoms with Gasteiger partial charge in [-0.25, -0.2) is 4.39 Å². The third-order valence-electron chi connectivity index (χ3n) is 1.67. The number of hydrogen-bond acceptors (Lipinski definition) is 1. The number of rotatable bonds is 4. The lowest BCUT2D eigenvalue weighted by molar-refractivity contribution is -0.00000319. The normalized spacial score (nSPS) is 9.38. The van der Waals surface area contributed by atoms with Gasteiger partial charge in [-0.1, -0.05) is 19.1 Å². The van der Waals surface area contributed by atoms with Crippen LogP contribution in [0.25, 0.3) is 0 Å². The molecule has 13 heavy (non-hydrogen) atoms. The van der Waals surface area contributed by atoms with Gasteiger partial charge in [0.2, 0.25) is 0 Å². The summed E-state index contributed by atoms with van der Waals surface area (Å²) < 4.78 is 12.5. The Balaban J connectivity index is 0.00000144. The van der Waals surface area contributed by atoms with E-state index in [2.05, 4.69) is 12.2 Å². The molecule has 0 aliphatic carbocycles. The van der Waals surface area contributed by atoms with E-state index in [1.54, 1.807) is 12.1 Å². The van der Waals surface area contributed by atoms with Crippen molar-refractivity contribution >= 4 is 0 Å². The standard InChI is InChI=1S/C10H14FN.ClH/c1-2-7-12-8-9-3-5-10(11)6-4-9;/h3-6,12H,2,7-8H2,1H3;1H/p-1. The molecule has 0 saturated heterocycles. The molecule has 0 aliphatic rings. The van der Waals surface area contributed by atoms with E-state index < -0.39 is 0 Å². The van der Waals surface area contributed by atoms with Gasteiger partial charge in [-0.15, -0.1) is 0 Å². The second kappa shape index (κ2) is 6.87. The van der Waals surface area contributed by atoms with Gasteiger partial charge in [-0.05, 0) is 30.7 Å². The fourth-order valence-electron chi connectivity index (χ4n) is 1.01. The minimum absolute atomic E-state index is 0. The van der Waals surface area contributed by atoms with Crippen LogP contribution in [0.3, 0.4) is 0 Å². The highest BCUT2D eigenvalue weighted by Crippen LogP contribution is 2.01. The summed E-state index contributed by atoms with van der Waals surface area (Å²) in [5.74, 6) is -0.172. The quantitative estimate of drug-likeness (QED) is 0.639. The van der Waals surface area contributed by atoms with Crippen LogP contribution >= 0.6 is 0 Å². The molecule has 74 valence electrons. The maximum absolute atomic E-state index is 12.5. The van der Waals surface area contributed by atoms with Crippen molar-refractivity contribution in [3.63, 3.8) is 0 Å². The van der Waals surface area contributed by atoms with Crippen LogP contribution in [0.1, 0.15) is 18.9 Å². The van der Waals surface area contributed by atoms with Crippen molar-refractivity contribution in [2.24, 2.45) is 0 Å². The van der Waals surface area contributed by atoms with Crippen molar-refractivity contribution in [2.45, 2.75) is 19.9 Å². The first-order valence-corrected chi connectivity index (χ1v) is 4.28. The van der Waals surface area contributed by atoms with Crippen LogP contribution in [0.15, 0.2) is 24.3 Å². The Morgan fingerprint density at radius 1 is 1.23 bits per heavy atom. The zero-order valence-corrected chi connectivity index (χ0v) is 8.44. The molecule has 0 bridgehead atoms. The zero-order valence-electron chi connectivity index (χ0n) is 7.69. The second-order valence-electron chi connectivity index (χ2n) is 2.80. The van der Waals surface area contributed by atoms with Gasteiger partial charge in [0.05, 0.1) is 0 Å². The monoisotopic (exact) mass is 202 g/mol. The van der Waals surface area contributed by atoms with Crippen molar-refractivity contribution in [2.75, 3.05) is 6.54 Å². The Labute approximate surface area is 84.8 Å². The van der Waals surface area contributed by atoms with Gasteiger partial charge in [0.1, 0.15) is 5.82 Å². The highest BCUT2D eigenvalue weighted by molar-refractivity contribution is 5.15. The molecule has 0 fully saturated rings. The molecular formula is C10H14ClFN-. The molecular weight excluding hydrogens is 189 g/mol. The molecule has 3 heteroatoms. The molecule has 0 saturated carbocycles. The maximum atomic E-state index is 12.5. The van der Waals surface area contributed by atoms with E-state index >= 15 is 0 Å². The first kappa shape index (κ1) is 12.4. The van der Waals surface area contributed by atoms with E-state index in [1.807, 2.05) is 0 Å². The van der Waals surface area contributed by atoms with Crippen LogP contribution in [-0.4, -0.2) is 6.54 Å². The van der Waals surface area contributed by atoms with Crippen molar-refractivity contribution in [3.8, 4) is 0 Å². The molecule has 1 rings (SSSR count). The van der Waals surface area contributed by atoms with E-state index in [9.17, 15) is 4.39 Å². The lowest BCUT2D eigenvalue weighted by Gasteiger charge is -2.02. The average Bonchev–Trinajstić information content (AvgIpc) is 2.09. The summed E-state index contributed by atoms with van der Waals surface area (Å²) >= 11 is 0. The number of halogens is 2. The highest BCUT2D eigenvalue weighted by atomic mass is 35.5. The second-order valence-corrected chi connectivity index (χ2v) is 2.80. The minimum atomic E-state index is -0.172. The maximum Gasteiger partial charge on any atom is 0.123 e. The topological polar surface area (TPSA) is 12.0 Å². The number of hydrogen-bond donors (Lipinski definition) is 1. The molecule has 1 nitrogen and oxygen atoms in total. The third kappa shape index (κ3) is 4.86. The summed E-state index contributed by atoms with van der Waals surface area (Å²) in [6.07, 6.45) is 1.13. The van der Waals surface area contributed by atoms with Crippen molar-refractivity contribution in [3.05, 3.63) is 35.6 Å². The summed E-state index contributed by atoms with van der Waals surface area (Å²) in [4.78, 5) is 0. The Bertz CT molecular complexity index is 223. The smallest absolute Gasteiger partial charge is 0.123 e. The van der Waals surface area contributed by atoms with Crippen LogP contribution < -0.4 is 17.7 Å². The van der Waals surface area contributed by atoms with Crippen LogP contribution in [0.4, 0.5) is 4.39 Å². The fourth-order valence-corrected chi connectivity index (χ4v) is 1.01. The predicted molar refractivity (Wildman–Crippen MR) is 48.4 cm³/mol. The molecule has 0 aromatic heterocycles. The van der Waals surface area contributed by atoms with Crippen molar-refractivity contribution in [1.82, 2.24) is 5.32 Å². The Morgan fingerprint density at radius 2 is 1.85 bits per heavy atom. The number of nitrogens with one attached hydrogen (secondary N) is 1. The van der Waals surface area contributed by atoms with E-state index in [0.29, 0.717) is 0 Å². The first-order valence-electron chi connectivity index (χ1n) is 4.28. The van der Waals surface area contributed by atoms with Gasteiger partial charge >= 0.3 is 0 Å². The van der Waals surface area contributed by atoms with E-state index in [4.69, 9.17) is 0 Å².